The highest BCUT2D eigenvalue weighted by Gasteiger charge is 2.63. The van der Waals surface area contributed by atoms with Crippen molar-refractivity contribution < 1.29 is 105 Å². The lowest BCUT2D eigenvalue weighted by Crippen LogP contribution is -2.69. The molecule has 4 saturated heterocycles. The fourth-order valence-electron chi connectivity index (χ4n) is 18.4. The van der Waals surface area contributed by atoms with E-state index in [0.29, 0.717) is 117 Å². The standard InChI is InChI=1S/C43H48N4O12S.C39H40N4O10S/c1-22-14-26-15-28-29(16-44)47-30-18-54-42(49)27(45-43(50)55-17-25-10-8-7-9-11-25)19-60-41(33-32(30)40-38(57-21-58-40)23(2)37(33)59-24(3)48)35(47)34(46(28)4)31(26)39(36(22)52-6)56-20-53-13-12-51-5;1-18-11-22-12-24-25(13-40)43-26-15-49-38(46)23(41-39(47)50-14-21-9-7-6-8-10-21)16-54-37(31(43)30(42(24)4)27(22)32(45)33(18)48-5)29-28(26)36-35(51-17-52-36)19(2)34(29)53-20(3)44/h7-11,14,27-30,34-35,41H,12-13,15,17-21H2,1-6H3,(H,45,50);6-11,23-26,30-31,37,45H,12,14-17H2,1-5H3,(H,41,47)/t27-,28-,29-,30-,34+,35?,41+;23-,24-,25-,26-,30+,31?,37+/m00/s1. The van der Waals surface area contributed by atoms with Gasteiger partial charge in [-0.05, 0) is 88.0 Å². The second-order valence-corrected chi connectivity index (χ2v) is 31.8. The van der Waals surface area contributed by atoms with E-state index >= 15 is 0 Å². The summed E-state index contributed by atoms with van der Waals surface area (Å²) in [5.41, 5.74) is 10.3. The number of carbonyl (C=O) groups excluding carboxylic acids is 6. The molecule has 8 bridgehead atoms. The second-order valence-electron chi connectivity index (χ2n) is 29.4. The van der Waals surface area contributed by atoms with Crippen LogP contribution in [0.1, 0.15) is 126 Å². The minimum absolute atomic E-state index is 0.00377. The zero-order valence-corrected chi connectivity index (χ0v) is 66.4. The quantitative estimate of drug-likeness (QED) is 0.0267. The fraction of sp³-hybridized carbons (Fsp3) is 0.463. The minimum Gasteiger partial charge on any atom is -0.504 e. The van der Waals surface area contributed by atoms with Crippen LogP contribution in [0.5, 0.6) is 57.5 Å². The molecular formula is C82H88N8O22S2. The Morgan fingerprint density at radius 2 is 1.00 bits per heavy atom. The van der Waals surface area contributed by atoms with Crippen LogP contribution in [0.4, 0.5) is 9.59 Å². The van der Waals surface area contributed by atoms with Gasteiger partial charge in [-0.2, -0.15) is 10.5 Å². The molecule has 2 unspecified atom stereocenters. The highest BCUT2D eigenvalue weighted by molar-refractivity contribution is 7.99. The molecule has 6 aromatic carbocycles. The summed E-state index contributed by atoms with van der Waals surface area (Å²) < 4.78 is 88.9. The highest BCUT2D eigenvalue weighted by Crippen LogP contribution is 2.67. The van der Waals surface area contributed by atoms with Gasteiger partial charge in [0.15, 0.2) is 52.8 Å². The lowest BCUT2D eigenvalue weighted by molar-refractivity contribution is -0.152. The zero-order valence-electron chi connectivity index (χ0n) is 64.7. The topological polar surface area (TPSA) is 346 Å². The Morgan fingerprint density at radius 1 is 0.561 bits per heavy atom. The molecule has 18 rings (SSSR count). The number of nitriles is 2. The number of amides is 2. The Labute approximate surface area is 666 Å². The Hall–Kier alpha value is -10.4. The number of esters is 4. The number of aromatic hydroxyl groups is 1. The first-order valence-electron chi connectivity index (χ1n) is 37.5. The first-order valence-corrected chi connectivity index (χ1v) is 39.6. The Morgan fingerprint density at radius 3 is 1.44 bits per heavy atom. The van der Waals surface area contributed by atoms with Crippen molar-refractivity contribution >= 4 is 59.6 Å². The van der Waals surface area contributed by atoms with E-state index < -0.39 is 107 Å². The van der Waals surface area contributed by atoms with E-state index in [-0.39, 0.29) is 76.1 Å². The maximum atomic E-state index is 14.0. The number of rotatable bonds is 16. The fourth-order valence-corrected chi connectivity index (χ4v) is 21.4. The average Bonchev–Trinajstić information content (AvgIpc) is 1.000. The van der Waals surface area contributed by atoms with Gasteiger partial charge in [-0.25, -0.2) is 19.2 Å². The van der Waals surface area contributed by atoms with Gasteiger partial charge in [0.25, 0.3) is 0 Å². The van der Waals surface area contributed by atoms with E-state index in [9.17, 15) is 44.4 Å². The number of phenolic OH excluding ortho intramolecular Hbond substituents is 1. The number of nitrogens with one attached hydrogen (secondary N) is 2. The summed E-state index contributed by atoms with van der Waals surface area (Å²) in [6, 6.07) is 19.9. The van der Waals surface area contributed by atoms with Crippen LogP contribution in [0.15, 0.2) is 72.8 Å². The monoisotopic (exact) mass is 1600 g/mol. The first-order chi connectivity index (χ1) is 55.1. The molecule has 2 amide bonds. The van der Waals surface area contributed by atoms with Crippen molar-refractivity contribution in [1.29, 1.82) is 10.5 Å². The van der Waals surface area contributed by atoms with Gasteiger partial charge in [-0.15, -0.1) is 23.5 Å². The molecule has 12 aliphatic rings. The average molecular weight is 1600 g/mol. The number of likely N-dealkylation sites (N-methyl/N-ethyl adjacent to an activating group) is 2. The number of fused-ring (bicyclic) bond motifs is 20. The zero-order chi connectivity index (χ0) is 80.2. The summed E-state index contributed by atoms with van der Waals surface area (Å²) in [6.45, 7) is 10.1. The van der Waals surface area contributed by atoms with Crippen LogP contribution in [-0.2, 0) is 73.7 Å². The van der Waals surface area contributed by atoms with E-state index in [0.717, 1.165) is 38.9 Å². The van der Waals surface area contributed by atoms with Crippen LogP contribution in [0.3, 0.4) is 0 Å². The van der Waals surface area contributed by atoms with Crippen LogP contribution in [0.2, 0.25) is 0 Å². The van der Waals surface area contributed by atoms with E-state index in [1.54, 1.807) is 21.1 Å². The summed E-state index contributed by atoms with van der Waals surface area (Å²) >= 11 is 2.74. The second kappa shape index (κ2) is 32.8. The number of phenols is 1. The predicted octanol–water partition coefficient (Wildman–Crippen LogP) is 9.35. The maximum Gasteiger partial charge on any atom is 0.408 e. The molecule has 0 radical (unpaired) electrons. The number of benzene rings is 6. The van der Waals surface area contributed by atoms with Gasteiger partial charge in [0.1, 0.15) is 62.1 Å². The number of thioether (sulfide) groups is 2. The van der Waals surface area contributed by atoms with Crippen molar-refractivity contribution in [2.75, 3.05) is 93.7 Å². The van der Waals surface area contributed by atoms with Gasteiger partial charge >= 0.3 is 36.1 Å². The first kappa shape index (κ1) is 78.8. The number of hydrogen-bond acceptors (Lipinski definition) is 30. The molecule has 14 atom stereocenters. The third-order valence-corrected chi connectivity index (χ3v) is 25.8. The van der Waals surface area contributed by atoms with Crippen LogP contribution in [0.25, 0.3) is 0 Å². The molecular weight excluding hydrogens is 1510 g/mol. The van der Waals surface area contributed by atoms with Gasteiger partial charge in [-0.1, -0.05) is 72.8 Å². The molecule has 12 aliphatic heterocycles. The van der Waals surface area contributed by atoms with Crippen molar-refractivity contribution in [3.63, 3.8) is 0 Å². The number of carbonyl (C=O) groups is 6. The summed E-state index contributed by atoms with van der Waals surface area (Å²) in [6.07, 6.45) is -0.591. The lowest BCUT2D eigenvalue weighted by atomic mass is 9.71. The van der Waals surface area contributed by atoms with E-state index in [1.807, 2.05) is 102 Å². The minimum atomic E-state index is -1.12. The Balaban J connectivity index is 0.000000181. The third kappa shape index (κ3) is 14.0. The summed E-state index contributed by atoms with van der Waals surface area (Å²) in [5, 5.41) is 38.4. The smallest absolute Gasteiger partial charge is 0.408 e. The Bertz CT molecular complexity index is 4890. The maximum absolute atomic E-state index is 14.0. The van der Waals surface area contributed by atoms with E-state index in [4.69, 9.17) is 71.1 Å². The number of alkyl carbamates (subject to hydrolysis) is 2. The molecule has 12 heterocycles. The molecule has 114 heavy (non-hydrogen) atoms. The summed E-state index contributed by atoms with van der Waals surface area (Å²) in [4.78, 5) is 88.5. The molecule has 0 saturated carbocycles. The highest BCUT2D eigenvalue weighted by atomic mass is 32.2. The summed E-state index contributed by atoms with van der Waals surface area (Å²) in [7, 11) is 8.68. The molecule has 4 fully saturated rings. The van der Waals surface area contributed by atoms with Crippen molar-refractivity contribution in [1.82, 2.24) is 30.2 Å². The molecule has 0 aliphatic carbocycles. The molecule has 600 valence electrons. The van der Waals surface area contributed by atoms with Gasteiger partial charge < -0.3 is 86.8 Å². The van der Waals surface area contributed by atoms with Crippen LogP contribution >= 0.6 is 23.5 Å². The number of hydrogen-bond donors (Lipinski definition) is 3. The van der Waals surface area contributed by atoms with Crippen LogP contribution in [0, 0.1) is 50.4 Å². The molecule has 0 aromatic heterocycles. The van der Waals surface area contributed by atoms with Crippen molar-refractivity contribution in [2.45, 2.75) is 151 Å². The molecule has 0 spiro atoms. The normalized spacial score (nSPS) is 25.9. The van der Waals surface area contributed by atoms with Crippen molar-refractivity contribution in [3.8, 4) is 69.6 Å². The summed E-state index contributed by atoms with van der Waals surface area (Å²) in [5.74, 6) is 1.39. The van der Waals surface area contributed by atoms with Crippen LogP contribution < -0.4 is 53.3 Å². The molecule has 3 N–H and O–H groups in total. The van der Waals surface area contributed by atoms with Crippen LogP contribution in [-0.4, -0.2) is 203 Å². The molecule has 32 heteroatoms. The van der Waals surface area contributed by atoms with Gasteiger partial charge in [-0.3, -0.25) is 29.2 Å². The van der Waals surface area contributed by atoms with Gasteiger partial charge in [0.05, 0.1) is 74.2 Å². The molecule has 6 aromatic rings. The van der Waals surface area contributed by atoms with Crippen molar-refractivity contribution in [3.05, 3.63) is 151 Å². The van der Waals surface area contributed by atoms with Crippen molar-refractivity contribution in [2.24, 2.45) is 0 Å². The largest absolute Gasteiger partial charge is 0.504 e. The number of methoxy groups -OCH3 is 3. The third-order valence-electron chi connectivity index (χ3n) is 23.0. The number of aryl methyl sites for hydroxylation is 2. The number of piperazine rings is 2. The number of nitrogens with zero attached hydrogens (tertiary/aromatic N) is 6. The number of ether oxygens (including phenoxy) is 15. The Kier molecular flexibility index (Phi) is 22.7. The van der Waals surface area contributed by atoms with E-state index in [2.05, 4.69) is 48.4 Å². The predicted molar refractivity (Wildman–Crippen MR) is 409 cm³/mol. The van der Waals surface area contributed by atoms with Gasteiger partial charge in [0.2, 0.25) is 13.6 Å². The lowest BCUT2D eigenvalue weighted by Gasteiger charge is -2.61. The van der Waals surface area contributed by atoms with E-state index in [1.165, 1.54) is 44.5 Å². The SMILES string of the molecule is COCCOCOc1c(OC)c(C)cc2c1[C@@H]1C3[C@@H]4SC[C@H](NC(=O)OCc5ccccc5)C(=O)OC[C@@H](c5c6c(c(C)c(OC(C)=O)c54)OCO6)N3[C@@H](C#N)[C@H](C2)N1C.COc1c(C)cc2c(c1O)[C@@H]1C3[C@@H]4SC[C@H](NC(=O)OCc5ccccc5)C(=O)OC[C@@H](c5c6c(c(C)c(OC(C)=O)c54)OCO6)N3[C@@H](C#N)[C@H](C2)N1C. The molecule has 30 nitrogen and oxygen atoms in total. The van der Waals surface area contributed by atoms with Gasteiger partial charge in [0, 0.05) is 101 Å².